The van der Waals surface area contributed by atoms with E-state index in [9.17, 15) is 4.79 Å². The first-order chi connectivity index (χ1) is 12.1. The average Bonchev–Trinajstić information content (AvgIpc) is 3.32. The van der Waals surface area contributed by atoms with Gasteiger partial charge in [-0.15, -0.1) is 0 Å². The predicted octanol–water partition coefficient (Wildman–Crippen LogP) is 2.46. The second kappa shape index (κ2) is 5.94. The Labute approximate surface area is 144 Å². The Kier molecular flexibility index (Phi) is 3.74. The zero-order valence-corrected chi connectivity index (χ0v) is 14.4. The number of carbonyl (C=O) groups is 1. The molecule has 1 aliphatic carbocycles. The standard InChI is InChI=1S/C17H19N5O3/c1-4-12-20-16(24-22-12)9(3)18-15(23)14-10-6-5-7-11(10)19-17-13(14)8(2)21-25-17/h9H,4-7H2,1-3H3,(H,18,23). The Bertz CT molecular complexity index is 959. The highest BCUT2D eigenvalue weighted by atomic mass is 16.5. The minimum absolute atomic E-state index is 0.194. The molecule has 0 bridgehead atoms. The average molecular weight is 341 g/mol. The van der Waals surface area contributed by atoms with Crippen LogP contribution in [0.15, 0.2) is 9.05 Å². The van der Waals surface area contributed by atoms with Gasteiger partial charge in [-0.3, -0.25) is 4.79 Å². The van der Waals surface area contributed by atoms with Crippen molar-refractivity contribution in [3.05, 3.63) is 34.2 Å². The van der Waals surface area contributed by atoms with E-state index in [1.807, 2.05) is 20.8 Å². The second-order valence-corrected chi connectivity index (χ2v) is 6.31. The number of aromatic nitrogens is 4. The van der Waals surface area contributed by atoms with E-state index in [1.165, 1.54) is 0 Å². The van der Waals surface area contributed by atoms with E-state index in [-0.39, 0.29) is 11.9 Å². The van der Waals surface area contributed by atoms with Crippen molar-refractivity contribution in [1.82, 2.24) is 25.6 Å². The van der Waals surface area contributed by atoms with Gasteiger partial charge in [0.1, 0.15) is 6.04 Å². The molecule has 8 heteroatoms. The Morgan fingerprint density at radius 3 is 2.84 bits per heavy atom. The third-order valence-corrected chi connectivity index (χ3v) is 4.57. The lowest BCUT2D eigenvalue weighted by atomic mass is 10.0. The van der Waals surface area contributed by atoms with Crippen LogP contribution in [-0.4, -0.2) is 26.2 Å². The van der Waals surface area contributed by atoms with Gasteiger partial charge in [0.2, 0.25) is 5.89 Å². The quantitative estimate of drug-likeness (QED) is 0.776. The van der Waals surface area contributed by atoms with Crippen molar-refractivity contribution in [3.63, 3.8) is 0 Å². The molecule has 0 fully saturated rings. The van der Waals surface area contributed by atoms with E-state index in [2.05, 4.69) is 25.6 Å². The molecule has 0 aromatic carbocycles. The molecule has 0 spiro atoms. The number of fused-ring (bicyclic) bond motifs is 2. The van der Waals surface area contributed by atoms with E-state index in [0.29, 0.717) is 40.5 Å². The van der Waals surface area contributed by atoms with Crippen LogP contribution < -0.4 is 5.32 Å². The number of amides is 1. The number of pyridine rings is 1. The molecule has 25 heavy (non-hydrogen) atoms. The first-order valence-corrected chi connectivity index (χ1v) is 8.49. The number of hydrogen-bond acceptors (Lipinski definition) is 7. The van der Waals surface area contributed by atoms with Gasteiger partial charge in [0.25, 0.3) is 11.6 Å². The summed E-state index contributed by atoms with van der Waals surface area (Å²) >= 11 is 0. The number of nitrogens with zero attached hydrogens (tertiary/aromatic N) is 4. The summed E-state index contributed by atoms with van der Waals surface area (Å²) in [6.45, 7) is 5.59. The Hall–Kier alpha value is -2.77. The molecular weight excluding hydrogens is 322 g/mol. The number of hydrogen-bond donors (Lipinski definition) is 1. The van der Waals surface area contributed by atoms with Gasteiger partial charge in [-0.1, -0.05) is 17.2 Å². The largest absolute Gasteiger partial charge is 0.340 e. The molecule has 0 saturated carbocycles. The van der Waals surface area contributed by atoms with Gasteiger partial charge >= 0.3 is 0 Å². The van der Waals surface area contributed by atoms with Crippen molar-refractivity contribution in [2.24, 2.45) is 0 Å². The summed E-state index contributed by atoms with van der Waals surface area (Å²) in [7, 11) is 0. The lowest BCUT2D eigenvalue weighted by molar-refractivity contribution is 0.0933. The highest BCUT2D eigenvalue weighted by Gasteiger charge is 2.28. The van der Waals surface area contributed by atoms with Crippen molar-refractivity contribution < 1.29 is 13.8 Å². The number of aryl methyl sites for hydroxylation is 3. The molecule has 1 N–H and O–H groups in total. The molecular formula is C17H19N5O3. The summed E-state index contributed by atoms with van der Waals surface area (Å²) in [6.07, 6.45) is 3.36. The third-order valence-electron chi connectivity index (χ3n) is 4.57. The number of rotatable bonds is 4. The smallest absolute Gasteiger partial charge is 0.259 e. The Morgan fingerprint density at radius 2 is 2.08 bits per heavy atom. The van der Waals surface area contributed by atoms with Crippen molar-refractivity contribution in [2.45, 2.75) is 52.5 Å². The summed E-state index contributed by atoms with van der Waals surface area (Å²) in [5.41, 5.74) is 3.61. The number of nitrogens with one attached hydrogen (secondary N) is 1. The van der Waals surface area contributed by atoms with Crippen LogP contribution >= 0.6 is 0 Å². The van der Waals surface area contributed by atoms with Gasteiger partial charge in [-0.2, -0.15) is 4.98 Å². The van der Waals surface area contributed by atoms with Gasteiger partial charge in [0.15, 0.2) is 5.82 Å². The third kappa shape index (κ3) is 2.57. The maximum atomic E-state index is 13.0. The fourth-order valence-electron chi connectivity index (χ4n) is 3.28. The summed E-state index contributed by atoms with van der Waals surface area (Å²) < 4.78 is 10.5. The monoisotopic (exact) mass is 341 g/mol. The van der Waals surface area contributed by atoms with Crippen molar-refractivity contribution in [1.29, 1.82) is 0 Å². The first kappa shape index (κ1) is 15.7. The van der Waals surface area contributed by atoms with Crippen LogP contribution in [0.4, 0.5) is 0 Å². The fraction of sp³-hybridized carbons (Fsp3) is 0.471. The molecule has 1 atom stereocenters. The molecule has 1 amide bonds. The molecule has 0 radical (unpaired) electrons. The molecule has 4 rings (SSSR count). The minimum Gasteiger partial charge on any atom is -0.340 e. The zero-order chi connectivity index (χ0) is 17.6. The van der Waals surface area contributed by atoms with E-state index in [1.54, 1.807) is 0 Å². The van der Waals surface area contributed by atoms with Crippen molar-refractivity contribution in [3.8, 4) is 0 Å². The van der Waals surface area contributed by atoms with E-state index < -0.39 is 0 Å². The maximum Gasteiger partial charge on any atom is 0.259 e. The van der Waals surface area contributed by atoms with E-state index in [4.69, 9.17) is 9.05 Å². The number of carbonyl (C=O) groups excluding carboxylic acids is 1. The summed E-state index contributed by atoms with van der Waals surface area (Å²) in [5, 5.41) is 11.5. The summed E-state index contributed by atoms with van der Waals surface area (Å²) in [6, 6.07) is -0.388. The lowest BCUT2D eigenvalue weighted by Crippen LogP contribution is -2.28. The van der Waals surface area contributed by atoms with Crippen LogP contribution in [0.5, 0.6) is 0 Å². The van der Waals surface area contributed by atoms with Gasteiger partial charge < -0.3 is 14.4 Å². The molecule has 1 unspecified atom stereocenters. The van der Waals surface area contributed by atoms with E-state index >= 15 is 0 Å². The minimum atomic E-state index is -0.388. The lowest BCUT2D eigenvalue weighted by Gasteiger charge is -2.13. The van der Waals surface area contributed by atoms with Gasteiger partial charge in [0.05, 0.1) is 16.6 Å². The topological polar surface area (TPSA) is 107 Å². The van der Waals surface area contributed by atoms with Crippen LogP contribution in [0.2, 0.25) is 0 Å². The normalized spacial score (nSPS) is 14.7. The maximum absolute atomic E-state index is 13.0. The van der Waals surface area contributed by atoms with E-state index in [0.717, 1.165) is 30.5 Å². The SMILES string of the molecule is CCc1noc(C(C)NC(=O)c2c3c(nc4onc(C)c24)CCC3)n1. The Balaban J connectivity index is 1.71. The van der Waals surface area contributed by atoms with Crippen LogP contribution in [0.3, 0.4) is 0 Å². The van der Waals surface area contributed by atoms with Crippen molar-refractivity contribution in [2.75, 3.05) is 0 Å². The van der Waals surface area contributed by atoms with Gasteiger partial charge in [-0.05, 0) is 38.7 Å². The fourth-order valence-corrected chi connectivity index (χ4v) is 3.28. The predicted molar refractivity (Wildman–Crippen MR) is 88.1 cm³/mol. The molecule has 1 aliphatic rings. The van der Waals surface area contributed by atoms with Crippen LogP contribution in [0, 0.1) is 6.92 Å². The molecule has 3 heterocycles. The zero-order valence-electron chi connectivity index (χ0n) is 14.4. The molecule has 8 nitrogen and oxygen atoms in total. The highest BCUT2D eigenvalue weighted by Crippen LogP contribution is 2.32. The van der Waals surface area contributed by atoms with Crippen LogP contribution in [0.1, 0.15) is 65.3 Å². The molecule has 0 saturated heterocycles. The second-order valence-electron chi connectivity index (χ2n) is 6.31. The molecule has 3 aromatic heterocycles. The van der Waals surface area contributed by atoms with Gasteiger partial charge in [-0.25, -0.2) is 4.98 Å². The Morgan fingerprint density at radius 1 is 1.24 bits per heavy atom. The van der Waals surface area contributed by atoms with Crippen LogP contribution in [-0.2, 0) is 19.3 Å². The first-order valence-electron chi connectivity index (χ1n) is 8.49. The summed E-state index contributed by atoms with van der Waals surface area (Å²) in [5.74, 6) is 0.827. The highest BCUT2D eigenvalue weighted by molar-refractivity contribution is 6.07. The molecule has 0 aliphatic heterocycles. The molecule has 3 aromatic rings. The van der Waals surface area contributed by atoms with Gasteiger partial charge in [0, 0.05) is 12.1 Å². The molecule has 130 valence electrons. The summed E-state index contributed by atoms with van der Waals surface area (Å²) in [4.78, 5) is 21.8. The van der Waals surface area contributed by atoms with Crippen molar-refractivity contribution >= 4 is 17.0 Å². The van der Waals surface area contributed by atoms with Crippen LogP contribution in [0.25, 0.3) is 11.1 Å².